The Kier molecular flexibility index (Phi) is 6.35. The van der Waals surface area contributed by atoms with E-state index in [-0.39, 0.29) is 5.78 Å². The molecule has 1 aliphatic heterocycles. The number of ketones is 1. The lowest BCUT2D eigenvalue weighted by Crippen LogP contribution is -2.34. The highest BCUT2D eigenvalue weighted by Gasteiger charge is 2.20. The van der Waals surface area contributed by atoms with Gasteiger partial charge in [-0.1, -0.05) is 0 Å². The number of Topliss-reactive ketones (excluding diaryl/α,β-unsaturated/α-hetero) is 1. The Morgan fingerprint density at radius 3 is 3.00 bits per heavy atom. The van der Waals surface area contributed by atoms with E-state index < -0.39 is 0 Å². The summed E-state index contributed by atoms with van der Waals surface area (Å²) in [6.07, 6.45) is 2.81. The van der Waals surface area contributed by atoms with E-state index in [1.54, 1.807) is 6.20 Å². The van der Waals surface area contributed by atoms with Gasteiger partial charge in [-0.2, -0.15) is 5.10 Å². The van der Waals surface area contributed by atoms with E-state index in [9.17, 15) is 4.79 Å². The molecular weight excluding hydrogens is 334 g/mol. The molecule has 0 atom stereocenters. The van der Waals surface area contributed by atoms with Crippen molar-refractivity contribution in [1.29, 1.82) is 0 Å². The first-order valence-corrected chi connectivity index (χ1v) is 8.19. The number of halogens is 1. The van der Waals surface area contributed by atoms with Crippen molar-refractivity contribution in [2.24, 2.45) is 0 Å². The molecule has 0 radical (unpaired) electrons. The number of likely N-dealkylation sites (N-methyl/N-ethyl adjacent to an activating group) is 1. The number of carbonyl (C=O) groups is 1. The number of aromatic nitrogens is 2. The van der Waals surface area contributed by atoms with E-state index in [1.165, 1.54) is 0 Å². The molecule has 6 nitrogen and oxygen atoms in total. The third-order valence-electron chi connectivity index (χ3n) is 3.62. The molecule has 1 aromatic heterocycles. The van der Waals surface area contributed by atoms with E-state index in [4.69, 9.17) is 0 Å². The van der Waals surface area contributed by atoms with Gasteiger partial charge in [-0.25, -0.2) is 0 Å². The number of hydrogen-bond acceptors (Lipinski definition) is 5. The Balaban J connectivity index is 2.02. The van der Waals surface area contributed by atoms with Crippen LogP contribution in [0.3, 0.4) is 0 Å². The zero-order chi connectivity index (χ0) is 15.2. The van der Waals surface area contributed by atoms with Gasteiger partial charge in [-0.05, 0) is 49.5 Å². The maximum atomic E-state index is 12.6. The molecule has 118 valence electrons. The molecule has 1 aromatic rings. The smallest absolute Gasteiger partial charge is 0.195 e. The average molecular weight is 358 g/mol. The Bertz CT molecular complexity index is 466. The molecule has 1 N–H and O–H groups in total. The summed E-state index contributed by atoms with van der Waals surface area (Å²) in [7, 11) is 4.04. The number of carbonyl (C=O) groups excluding carboxylic acids is 1. The largest absolute Gasteiger partial charge is 0.315 e. The van der Waals surface area contributed by atoms with Crippen molar-refractivity contribution < 1.29 is 4.79 Å². The van der Waals surface area contributed by atoms with Crippen molar-refractivity contribution in [2.75, 3.05) is 53.4 Å². The summed E-state index contributed by atoms with van der Waals surface area (Å²) in [6.45, 7) is 5.94. The summed E-state index contributed by atoms with van der Waals surface area (Å²) >= 11 is 3.46. The molecule has 1 saturated heterocycles. The van der Waals surface area contributed by atoms with Crippen molar-refractivity contribution in [2.45, 2.75) is 13.0 Å². The van der Waals surface area contributed by atoms with Gasteiger partial charge in [-0.3, -0.25) is 14.4 Å². The van der Waals surface area contributed by atoms with Gasteiger partial charge >= 0.3 is 0 Å². The highest BCUT2D eigenvalue weighted by Crippen LogP contribution is 2.17. The topological polar surface area (TPSA) is 53.4 Å². The van der Waals surface area contributed by atoms with E-state index in [1.807, 2.05) is 18.8 Å². The summed E-state index contributed by atoms with van der Waals surface area (Å²) < 4.78 is 2.60. The van der Waals surface area contributed by atoms with Crippen LogP contribution in [0, 0.1) is 0 Å². The second-order valence-corrected chi connectivity index (χ2v) is 6.52. The molecule has 0 spiro atoms. The van der Waals surface area contributed by atoms with Gasteiger partial charge in [0.2, 0.25) is 0 Å². The van der Waals surface area contributed by atoms with Crippen LogP contribution in [-0.2, 0) is 6.54 Å². The minimum Gasteiger partial charge on any atom is -0.315 e. The second-order valence-electron chi connectivity index (χ2n) is 5.67. The SMILES string of the molecule is CN(C)CCn1ncc(Br)c1C(=O)CN1CCCNCC1. The number of hydrogen-bond donors (Lipinski definition) is 1. The zero-order valence-electron chi connectivity index (χ0n) is 12.8. The van der Waals surface area contributed by atoms with Crippen LogP contribution in [0.4, 0.5) is 0 Å². The first-order chi connectivity index (χ1) is 10.1. The molecule has 7 heteroatoms. The normalized spacial score (nSPS) is 17.1. The van der Waals surface area contributed by atoms with Crippen molar-refractivity contribution in [3.8, 4) is 0 Å². The second kappa shape index (κ2) is 8.03. The molecule has 0 bridgehead atoms. The number of rotatable bonds is 6. The fourth-order valence-electron chi connectivity index (χ4n) is 2.44. The molecular formula is C14H24BrN5O. The lowest BCUT2D eigenvalue weighted by Gasteiger charge is -2.19. The fraction of sp³-hybridized carbons (Fsp3) is 0.714. The van der Waals surface area contributed by atoms with Gasteiger partial charge in [0.1, 0.15) is 5.69 Å². The monoisotopic (exact) mass is 357 g/mol. The van der Waals surface area contributed by atoms with Crippen LogP contribution in [0.25, 0.3) is 0 Å². The Morgan fingerprint density at radius 1 is 1.43 bits per heavy atom. The van der Waals surface area contributed by atoms with Gasteiger partial charge in [0.25, 0.3) is 0 Å². The predicted molar refractivity (Wildman–Crippen MR) is 86.7 cm³/mol. The van der Waals surface area contributed by atoms with Crippen molar-refractivity contribution in [1.82, 2.24) is 24.9 Å². The fourth-order valence-corrected chi connectivity index (χ4v) is 2.96. The summed E-state index contributed by atoms with van der Waals surface area (Å²) in [5.41, 5.74) is 0.689. The Hall–Kier alpha value is -0.760. The molecule has 0 aliphatic carbocycles. The van der Waals surface area contributed by atoms with Gasteiger partial charge in [0.15, 0.2) is 5.78 Å². The molecule has 2 rings (SSSR count). The van der Waals surface area contributed by atoms with Crippen LogP contribution in [0.1, 0.15) is 16.9 Å². The van der Waals surface area contributed by atoms with E-state index in [0.29, 0.717) is 12.2 Å². The van der Waals surface area contributed by atoms with E-state index >= 15 is 0 Å². The van der Waals surface area contributed by atoms with E-state index in [2.05, 4.69) is 36.1 Å². The van der Waals surface area contributed by atoms with E-state index in [0.717, 1.165) is 50.2 Å². The highest BCUT2D eigenvalue weighted by molar-refractivity contribution is 9.10. The molecule has 21 heavy (non-hydrogen) atoms. The standard InChI is InChI=1S/C14H24BrN5O/c1-18(2)8-9-20-14(12(15)10-17-20)13(21)11-19-6-3-4-16-5-7-19/h10,16H,3-9,11H2,1-2H3. The molecule has 0 unspecified atom stereocenters. The highest BCUT2D eigenvalue weighted by atomic mass is 79.9. The molecule has 0 saturated carbocycles. The third kappa shape index (κ3) is 4.88. The summed E-state index contributed by atoms with van der Waals surface area (Å²) in [5.74, 6) is 0.139. The van der Waals surface area contributed by atoms with Crippen LogP contribution < -0.4 is 5.32 Å². The molecule has 1 aliphatic rings. The van der Waals surface area contributed by atoms with Crippen LogP contribution in [0.5, 0.6) is 0 Å². The van der Waals surface area contributed by atoms with Crippen LogP contribution >= 0.6 is 15.9 Å². The quantitative estimate of drug-likeness (QED) is 0.759. The lowest BCUT2D eigenvalue weighted by molar-refractivity contribution is 0.0922. The molecule has 0 aromatic carbocycles. The number of nitrogens with zero attached hydrogens (tertiary/aromatic N) is 4. The first kappa shape index (κ1) is 16.6. The molecule has 2 heterocycles. The summed E-state index contributed by atoms with van der Waals surface area (Å²) in [5, 5.41) is 7.67. The van der Waals surface area contributed by atoms with Crippen molar-refractivity contribution in [3.05, 3.63) is 16.4 Å². The zero-order valence-corrected chi connectivity index (χ0v) is 14.4. The predicted octanol–water partition coefficient (Wildman–Crippen LogP) is 0.685. The molecule has 1 fully saturated rings. The van der Waals surface area contributed by atoms with Crippen molar-refractivity contribution >= 4 is 21.7 Å². The Labute approximate surface area is 134 Å². The first-order valence-electron chi connectivity index (χ1n) is 7.40. The van der Waals surface area contributed by atoms with Crippen molar-refractivity contribution in [3.63, 3.8) is 0 Å². The maximum Gasteiger partial charge on any atom is 0.195 e. The van der Waals surface area contributed by atoms with Crippen LogP contribution in [0.15, 0.2) is 10.7 Å². The van der Waals surface area contributed by atoms with Gasteiger partial charge in [-0.15, -0.1) is 0 Å². The summed E-state index contributed by atoms with van der Waals surface area (Å²) in [4.78, 5) is 16.9. The maximum absolute atomic E-state index is 12.6. The summed E-state index contributed by atoms with van der Waals surface area (Å²) in [6, 6.07) is 0. The van der Waals surface area contributed by atoms with Gasteiger partial charge in [0.05, 0.1) is 23.8 Å². The minimum absolute atomic E-state index is 0.139. The van der Waals surface area contributed by atoms with Crippen LogP contribution in [-0.4, -0.2) is 78.7 Å². The Morgan fingerprint density at radius 2 is 2.24 bits per heavy atom. The average Bonchev–Trinajstić information content (AvgIpc) is 2.63. The molecule has 0 amide bonds. The lowest BCUT2D eigenvalue weighted by atomic mass is 10.2. The number of nitrogens with one attached hydrogen (secondary N) is 1. The third-order valence-corrected chi connectivity index (χ3v) is 4.20. The van der Waals surface area contributed by atoms with Gasteiger partial charge < -0.3 is 10.2 Å². The van der Waals surface area contributed by atoms with Gasteiger partial charge in [0, 0.05) is 19.6 Å². The minimum atomic E-state index is 0.139. The van der Waals surface area contributed by atoms with Crippen LogP contribution in [0.2, 0.25) is 0 Å².